The second-order valence-corrected chi connectivity index (χ2v) is 6.74. The number of ether oxygens (including phenoxy) is 1. The molecule has 0 aromatic carbocycles. The highest BCUT2D eigenvalue weighted by Gasteiger charge is 2.39. The van der Waals surface area contributed by atoms with Crippen LogP contribution in [0.4, 0.5) is 0 Å². The molecule has 0 bridgehead atoms. The minimum atomic E-state index is -0.0583. The summed E-state index contributed by atoms with van der Waals surface area (Å²) in [5, 5.41) is 4.37. The number of aryl methyl sites for hydroxylation is 1. The third kappa shape index (κ3) is 3.80. The smallest absolute Gasteiger partial charge is 0.0832 e. The van der Waals surface area contributed by atoms with Gasteiger partial charge >= 0.3 is 0 Å². The summed E-state index contributed by atoms with van der Waals surface area (Å²) in [5.41, 5.74) is 7.86. The van der Waals surface area contributed by atoms with E-state index in [1.165, 1.54) is 18.4 Å². The first-order valence-electron chi connectivity index (χ1n) is 7.57. The molecular formula is C16H27NOS. The largest absolute Gasteiger partial charge is 0.374 e. The quantitative estimate of drug-likeness (QED) is 0.855. The van der Waals surface area contributed by atoms with Gasteiger partial charge in [0, 0.05) is 12.6 Å². The van der Waals surface area contributed by atoms with Crippen molar-refractivity contribution >= 4 is 11.3 Å². The normalized spacial score (nSPS) is 29.3. The van der Waals surface area contributed by atoms with Gasteiger partial charge in [-0.05, 0) is 73.8 Å². The van der Waals surface area contributed by atoms with E-state index in [1.54, 1.807) is 11.3 Å². The molecule has 1 aromatic rings. The third-order valence-electron chi connectivity index (χ3n) is 4.55. The van der Waals surface area contributed by atoms with Crippen LogP contribution in [0.15, 0.2) is 16.8 Å². The molecule has 2 rings (SSSR count). The predicted molar refractivity (Wildman–Crippen MR) is 82.6 cm³/mol. The molecule has 0 aliphatic heterocycles. The van der Waals surface area contributed by atoms with Gasteiger partial charge in [0.15, 0.2) is 0 Å². The van der Waals surface area contributed by atoms with Gasteiger partial charge in [0.25, 0.3) is 0 Å². The average Bonchev–Trinajstić information content (AvgIpc) is 2.92. The zero-order chi connectivity index (χ0) is 13.7. The standard InChI is InChI=1S/C16H27NOS/c1-3-18-16(9-6-13(2)7-10-16)15(17)5-4-14-8-11-19-12-14/h8,11-13,15H,3-7,9-10,17H2,1-2H3. The number of nitrogens with two attached hydrogens (primary N) is 1. The van der Waals surface area contributed by atoms with Crippen LogP contribution >= 0.6 is 11.3 Å². The summed E-state index contributed by atoms with van der Waals surface area (Å²) in [6, 6.07) is 2.37. The van der Waals surface area contributed by atoms with Crippen LogP contribution in [0.5, 0.6) is 0 Å². The lowest BCUT2D eigenvalue weighted by Gasteiger charge is -2.43. The van der Waals surface area contributed by atoms with Crippen molar-refractivity contribution < 1.29 is 4.74 Å². The summed E-state index contributed by atoms with van der Waals surface area (Å²) in [5.74, 6) is 0.831. The molecule has 1 aromatic heterocycles. The summed E-state index contributed by atoms with van der Waals surface area (Å²) in [6.45, 7) is 5.21. The van der Waals surface area contributed by atoms with E-state index in [-0.39, 0.29) is 11.6 Å². The fourth-order valence-corrected chi connectivity index (χ4v) is 3.88. The molecule has 3 heteroatoms. The highest BCUT2D eigenvalue weighted by atomic mass is 32.1. The van der Waals surface area contributed by atoms with Crippen LogP contribution in [-0.4, -0.2) is 18.2 Å². The van der Waals surface area contributed by atoms with Gasteiger partial charge in [-0.25, -0.2) is 0 Å². The second kappa shape index (κ2) is 6.87. The van der Waals surface area contributed by atoms with Gasteiger partial charge in [-0.15, -0.1) is 0 Å². The van der Waals surface area contributed by atoms with Crippen molar-refractivity contribution in [2.75, 3.05) is 6.61 Å². The molecule has 1 atom stereocenters. The summed E-state index contributed by atoms with van der Waals surface area (Å²) in [6.07, 6.45) is 6.89. The van der Waals surface area contributed by atoms with E-state index < -0.39 is 0 Å². The van der Waals surface area contributed by atoms with E-state index in [0.717, 1.165) is 38.2 Å². The highest BCUT2D eigenvalue weighted by molar-refractivity contribution is 7.07. The van der Waals surface area contributed by atoms with Crippen molar-refractivity contribution in [3.8, 4) is 0 Å². The highest BCUT2D eigenvalue weighted by Crippen LogP contribution is 2.37. The lowest BCUT2D eigenvalue weighted by molar-refractivity contribution is -0.0898. The molecule has 0 amide bonds. The zero-order valence-corrected chi connectivity index (χ0v) is 13.0. The van der Waals surface area contributed by atoms with Crippen molar-refractivity contribution in [1.29, 1.82) is 0 Å². The Morgan fingerprint density at radius 3 is 2.79 bits per heavy atom. The van der Waals surface area contributed by atoms with Gasteiger partial charge in [0.1, 0.15) is 0 Å². The van der Waals surface area contributed by atoms with E-state index in [9.17, 15) is 0 Å². The van der Waals surface area contributed by atoms with Crippen molar-refractivity contribution in [2.24, 2.45) is 11.7 Å². The molecule has 1 aliphatic carbocycles. The maximum Gasteiger partial charge on any atom is 0.0832 e. The first kappa shape index (κ1) is 15.0. The molecule has 108 valence electrons. The molecule has 2 N–H and O–H groups in total. The lowest BCUT2D eigenvalue weighted by atomic mass is 9.74. The molecular weight excluding hydrogens is 254 g/mol. The molecule has 2 nitrogen and oxygen atoms in total. The first-order valence-corrected chi connectivity index (χ1v) is 8.51. The Bertz CT molecular complexity index is 355. The Balaban J connectivity index is 1.93. The topological polar surface area (TPSA) is 35.2 Å². The third-order valence-corrected chi connectivity index (χ3v) is 5.28. The molecule has 1 unspecified atom stereocenters. The Labute approximate surface area is 121 Å². The molecule has 0 saturated heterocycles. The summed E-state index contributed by atoms with van der Waals surface area (Å²) in [4.78, 5) is 0. The molecule has 1 aliphatic rings. The van der Waals surface area contributed by atoms with E-state index in [4.69, 9.17) is 10.5 Å². The van der Waals surface area contributed by atoms with E-state index >= 15 is 0 Å². The Morgan fingerprint density at radius 1 is 1.47 bits per heavy atom. The molecule has 1 fully saturated rings. The molecule has 0 spiro atoms. The number of hydrogen-bond acceptors (Lipinski definition) is 3. The lowest BCUT2D eigenvalue weighted by Crippen LogP contribution is -2.52. The van der Waals surface area contributed by atoms with E-state index in [1.807, 2.05) is 0 Å². The van der Waals surface area contributed by atoms with Crippen LogP contribution in [0.2, 0.25) is 0 Å². The summed E-state index contributed by atoms with van der Waals surface area (Å²) >= 11 is 1.76. The molecule has 0 radical (unpaired) electrons. The Morgan fingerprint density at radius 2 is 2.21 bits per heavy atom. The van der Waals surface area contributed by atoms with E-state index in [0.29, 0.717) is 0 Å². The van der Waals surface area contributed by atoms with Crippen LogP contribution in [0, 0.1) is 5.92 Å². The Kier molecular flexibility index (Phi) is 5.43. The van der Waals surface area contributed by atoms with Crippen molar-refractivity contribution in [3.63, 3.8) is 0 Å². The van der Waals surface area contributed by atoms with Crippen LogP contribution in [-0.2, 0) is 11.2 Å². The molecule has 19 heavy (non-hydrogen) atoms. The Hall–Kier alpha value is -0.380. The van der Waals surface area contributed by atoms with Crippen molar-refractivity contribution in [3.05, 3.63) is 22.4 Å². The first-order chi connectivity index (χ1) is 9.16. The maximum atomic E-state index is 6.51. The van der Waals surface area contributed by atoms with Gasteiger partial charge in [0.2, 0.25) is 0 Å². The second-order valence-electron chi connectivity index (χ2n) is 5.96. The predicted octanol–water partition coefficient (Wildman–Crippen LogP) is 3.99. The SMILES string of the molecule is CCOC1(C(N)CCc2ccsc2)CCC(C)CC1. The van der Waals surface area contributed by atoms with Crippen molar-refractivity contribution in [2.45, 2.75) is 64.0 Å². The minimum absolute atomic E-state index is 0.0583. The van der Waals surface area contributed by atoms with Gasteiger partial charge in [-0.1, -0.05) is 6.92 Å². The summed E-state index contributed by atoms with van der Waals surface area (Å²) < 4.78 is 6.13. The van der Waals surface area contributed by atoms with E-state index in [2.05, 4.69) is 30.7 Å². The number of hydrogen-bond donors (Lipinski definition) is 1. The zero-order valence-electron chi connectivity index (χ0n) is 12.2. The fourth-order valence-electron chi connectivity index (χ4n) is 3.18. The number of thiophene rings is 1. The van der Waals surface area contributed by atoms with Gasteiger partial charge in [0.05, 0.1) is 5.60 Å². The van der Waals surface area contributed by atoms with Crippen LogP contribution in [0.1, 0.15) is 51.5 Å². The minimum Gasteiger partial charge on any atom is -0.374 e. The molecule has 1 saturated carbocycles. The average molecular weight is 281 g/mol. The van der Waals surface area contributed by atoms with Gasteiger partial charge in [-0.3, -0.25) is 0 Å². The molecule has 1 heterocycles. The van der Waals surface area contributed by atoms with Crippen molar-refractivity contribution in [1.82, 2.24) is 0 Å². The summed E-state index contributed by atoms with van der Waals surface area (Å²) in [7, 11) is 0. The fraction of sp³-hybridized carbons (Fsp3) is 0.750. The maximum absolute atomic E-state index is 6.51. The van der Waals surface area contributed by atoms with Gasteiger partial charge in [-0.2, -0.15) is 11.3 Å². The van der Waals surface area contributed by atoms with Crippen LogP contribution in [0.25, 0.3) is 0 Å². The monoisotopic (exact) mass is 281 g/mol. The van der Waals surface area contributed by atoms with Crippen LogP contribution in [0.3, 0.4) is 0 Å². The van der Waals surface area contributed by atoms with Gasteiger partial charge < -0.3 is 10.5 Å². The number of rotatable bonds is 6. The van der Waals surface area contributed by atoms with Crippen LogP contribution < -0.4 is 5.73 Å².